The lowest BCUT2D eigenvalue weighted by Crippen LogP contribution is -2.28. The van der Waals surface area contributed by atoms with Gasteiger partial charge in [0.1, 0.15) is 5.78 Å². The van der Waals surface area contributed by atoms with Crippen molar-refractivity contribution < 1.29 is 28.0 Å². The van der Waals surface area contributed by atoms with E-state index in [-0.39, 0.29) is 31.3 Å². The normalized spacial score (nSPS) is 20.9. The van der Waals surface area contributed by atoms with Crippen molar-refractivity contribution in [1.82, 2.24) is 5.06 Å². The fourth-order valence-corrected chi connectivity index (χ4v) is 4.79. The van der Waals surface area contributed by atoms with E-state index in [9.17, 15) is 14.2 Å². The van der Waals surface area contributed by atoms with Crippen molar-refractivity contribution in [1.29, 1.82) is 0 Å². The molecule has 0 aromatic heterocycles. The molecule has 1 N–H and O–H groups in total. The molecule has 1 heterocycles. The Bertz CT molecular complexity index is 700. The summed E-state index contributed by atoms with van der Waals surface area (Å²) in [5.41, 5.74) is 0.998. The highest BCUT2D eigenvalue weighted by Crippen LogP contribution is 2.57. The molecule has 0 spiro atoms. The maximum absolute atomic E-state index is 12.9. The second kappa shape index (κ2) is 8.88. The lowest BCUT2D eigenvalue weighted by Gasteiger charge is -2.25. The average Bonchev–Trinajstić information content (AvgIpc) is 2.98. The number of benzene rings is 1. The minimum atomic E-state index is -3.43. The standard InChI is InChI=1S/C17H25N2O6P/c1-5-23-26(22,24-6-2)16-11-15(25-19(16)4)17(21)18-14-9-7-8-13(10-14)12(3)20/h7-10,15-16H,5-6,11H2,1-4H3,(H,18,21)/t15-,16+/m1/s1. The first kappa shape index (κ1) is 20.7. The molecular formula is C17H25N2O6P. The fourth-order valence-electron chi connectivity index (χ4n) is 2.74. The molecule has 1 aliphatic heterocycles. The molecule has 0 bridgehead atoms. The second-order valence-electron chi connectivity index (χ2n) is 5.86. The van der Waals surface area contributed by atoms with Crippen LogP contribution in [0.2, 0.25) is 0 Å². The van der Waals surface area contributed by atoms with E-state index in [1.54, 1.807) is 45.2 Å². The fraction of sp³-hybridized carbons (Fsp3) is 0.529. The third-order valence-corrected chi connectivity index (χ3v) is 6.45. The summed E-state index contributed by atoms with van der Waals surface area (Å²) in [6.45, 7) is 5.38. The summed E-state index contributed by atoms with van der Waals surface area (Å²) < 4.78 is 23.6. The lowest BCUT2D eigenvalue weighted by molar-refractivity contribution is -0.155. The number of carbonyl (C=O) groups is 2. The molecule has 1 saturated heterocycles. The van der Waals surface area contributed by atoms with Crippen LogP contribution in [0.25, 0.3) is 0 Å². The predicted molar refractivity (Wildman–Crippen MR) is 97.0 cm³/mol. The van der Waals surface area contributed by atoms with E-state index < -0.39 is 19.5 Å². The Balaban J connectivity index is 2.08. The third kappa shape index (κ3) is 4.78. The summed E-state index contributed by atoms with van der Waals surface area (Å²) in [5.74, 6) is -1.14. The first-order valence-corrected chi connectivity index (χ1v) is 10.1. The van der Waals surface area contributed by atoms with Gasteiger partial charge in [0.05, 0.1) is 13.2 Å². The second-order valence-corrected chi connectivity index (χ2v) is 8.05. The highest BCUT2D eigenvalue weighted by Gasteiger charge is 2.48. The van der Waals surface area contributed by atoms with Crippen LogP contribution in [-0.4, -0.2) is 48.9 Å². The Hall–Kier alpha value is -1.57. The van der Waals surface area contributed by atoms with E-state index in [1.165, 1.54) is 12.0 Å². The lowest BCUT2D eigenvalue weighted by atomic mass is 10.1. The summed E-state index contributed by atoms with van der Waals surface area (Å²) in [6.07, 6.45) is -0.660. The van der Waals surface area contributed by atoms with E-state index in [2.05, 4.69) is 5.32 Å². The Morgan fingerprint density at radius 3 is 2.54 bits per heavy atom. The summed E-state index contributed by atoms with van der Waals surface area (Å²) in [5, 5.41) is 4.08. The zero-order chi connectivity index (χ0) is 19.3. The monoisotopic (exact) mass is 384 g/mol. The highest BCUT2D eigenvalue weighted by molar-refractivity contribution is 7.54. The number of ketones is 1. The van der Waals surface area contributed by atoms with Crippen molar-refractivity contribution in [2.75, 3.05) is 25.6 Å². The Kier molecular flexibility index (Phi) is 7.08. The van der Waals surface area contributed by atoms with Crippen molar-refractivity contribution in [3.8, 4) is 0 Å². The van der Waals surface area contributed by atoms with Gasteiger partial charge in [0.15, 0.2) is 11.9 Å². The molecule has 1 fully saturated rings. The topological polar surface area (TPSA) is 94.2 Å². The van der Waals surface area contributed by atoms with Crippen LogP contribution in [-0.2, 0) is 23.2 Å². The van der Waals surface area contributed by atoms with Crippen LogP contribution in [0, 0.1) is 0 Å². The van der Waals surface area contributed by atoms with Gasteiger partial charge < -0.3 is 14.4 Å². The van der Waals surface area contributed by atoms with Crippen LogP contribution in [0.5, 0.6) is 0 Å². The number of hydrogen-bond acceptors (Lipinski definition) is 7. The summed E-state index contributed by atoms with van der Waals surface area (Å²) in [6, 6.07) is 6.65. The SMILES string of the molecule is CCOP(=O)(OCC)[C@H]1C[C@H](C(=O)Nc2cccc(C(C)=O)c2)ON1C. The Morgan fingerprint density at radius 1 is 1.31 bits per heavy atom. The molecule has 144 valence electrons. The molecule has 26 heavy (non-hydrogen) atoms. The number of carbonyl (C=O) groups excluding carboxylic acids is 2. The van der Waals surface area contributed by atoms with Crippen LogP contribution in [0.15, 0.2) is 24.3 Å². The van der Waals surface area contributed by atoms with E-state index >= 15 is 0 Å². The minimum absolute atomic E-state index is 0.0904. The number of rotatable bonds is 8. The molecule has 0 saturated carbocycles. The molecule has 0 radical (unpaired) electrons. The number of nitrogens with zero attached hydrogens (tertiary/aromatic N) is 1. The molecule has 1 amide bonds. The van der Waals surface area contributed by atoms with Crippen LogP contribution in [0.4, 0.5) is 5.69 Å². The van der Waals surface area contributed by atoms with E-state index in [1.807, 2.05) is 0 Å². The number of nitrogens with one attached hydrogen (secondary N) is 1. The van der Waals surface area contributed by atoms with E-state index in [0.29, 0.717) is 11.3 Å². The number of amides is 1. The maximum Gasteiger partial charge on any atom is 0.350 e. The molecule has 9 heteroatoms. The van der Waals surface area contributed by atoms with Gasteiger partial charge in [-0.2, -0.15) is 5.06 Å². The zero-order valence-electron chi connectivity index (χ0n) is 15.4. The smallest absolute Gasteiger partial charge is 0.324 e. The molecule has 2 atom stereocenters. The third-order valence-electron chi connectivity index (χ3n) is 3.95. The Labute approximate surface area is 153 Å². The first-order chi connectivity index (χ1) is 12.3. The summed E-state index contributed by atoms with van der Waals surface area (Å²) in [4.78, 5) is 29.5. The van der Waals surface area contributed by atoms with Crippen molar-refractivity contribution in [2.45, 2.75) is 39.1 Å². The quantitative estimate of drug-likeness (QED) is 0.544. The first-order valence-electron chi connectivity index (χ1n) is 8.51. The molecule has 1 aromatic rings. The van der Waals surface area contributed by atoms with Gasteiger partial charge in [0.2, 0.25) is 0 Å². The van der Waals surface area contributed by atoms with Crippen molar-refractivity contribution in [2.24, 2.45) is 0 Å². The van der Waals surface area contributed by atoms with Crippen molar-refractivity contribution >= 4 is 25.0 Å². The Morgan fingerprint density at radius 2 is 1.96 bits per heavy atom. The molecular weight excluding hydrogens is 359 g/mol. The number of anilines is 1. The average molecular weight is 384 g/mol. The number of hydrogen-bond donors (Lipinski definition) is 1. The van der Waals surface area contributed by atoms with Gasteiger partial charge in [0.25, 0.3) is 5.91 Å². The molecule has 8 nitrogen and oxygen atoms in total. The van der Waals surface area contributed by atoms with Crippen LogP contribution >= 0.6 is 7.60 Å². The molecule has 0 aliphatic carbocycles. The maximum atomic E-state index is 12.9. The summed E-state index contributed by atoms with van der Waals surface area (Å²) in [7, 11) is -1.83. The molecule has 1 aromatic carbocycles. The van der Waals surface area contributed by atoms with E-state index in [4.69, 9.17) is 13.9 Å². The van der Waals surface area contributed by atoms with Crippen molar-refractivity contribution in [3.63, 3.8) is 0 Å². The molecule has 0 unspecified atom stereocenters. The van der Waals surface area contributed by atoms with Crippen LogP contribution < -0.4 is 5.32 Å². The van der Waals surface area contributed by atoms with Gasteiger partial charge in [-0.15, -0.1) is 0 Å². The highest BCUT2D eigenvalue weighted by atomic mass is 31.2. The van der Waals surface area contributed by atoms with Gasteiger partial charge in [-0.05, 0) is 32.9 Å². The van der Waals surface area contributed by atoms with Gasteiger partial charge >= 0.3 is 7.60 Å². The molecule has 1 aliphatic rings. The van der Waals surface area contributed by atoms with Gasteiger partial charge in [-0.25, -0.2) is 0 Å². The summed E-state index contributed by atoms with van der Waals surface area (Å²) >= 11 is 0. The van der Waals surface area contributed by atoms with Gasteiger partial charge in [-0.3, -0.25) is 19.0 Å². The minimum Gasteiger partial charge on any atom is -0.324 e. The van der Waals surface area contributed by atoms with E-state index in [0.717, 1.165) is 0 Å². The van der Waals surface area contributed by atoms with Gasteiger partial charge in [-0.1, -0.05) is 12.1 Å². The number of hydroxylamine groups is 2. The van der Waals surface area contributed by atoms with Crippen LogP contribution in [0.3, 0.4) is 0 Å². The zero-order valence-corrected chi connectivity index (χ0v) is 16.3. The van der Waals surface area contributed by atoms with Crippen molar-refractivity contribution in [3.05, 3.63) is 29.8 Å². The molecule has 2 rings (SSSR count). The van der Waals surface area contributed by atoms with Crippen LogP contribution in [0.1, 0.15) is 37.6 Å². The largest absolute Gasteiger partial charge is 0.350 e. The predicted octanol–water partition coefficient (Wildman–Crippen LogP) is 3.06. The number of Topliss-reactive ketones (excluding diaryl/α,β-unsaturated/α-hetero) is 1. The van der Waals surface area contributed by atoms with Gasteiger partial charge in [0, 0.05) is 24.7 Å².